The molecule has 6 nitrogen and oxygen atoms in total. The number of aromatic nitrogens is 2. The first kappa shape index (κ1) is 17.2. The Labute approximate surface area is 147 Å². The molecule has 2 heterocycles. The van der Waals surface area contributed by atoms with Crippen LogP contribution in [0.1, 0.15) is 59.8 Å². The van der Waals surface area contributed by atoms with Crippen LogP contribution in [0.2, 0.25) is 0 Å². The van der Waals surface area contributed by atoms with Crippen molar-refractivity contribution in [3.05, 3.63) is 53.3 Å². The highest BCUT2D eigenvalue weighted by Gasteiger charge is 2.29. The predicted molar refractivity (Wildman–Crippen MR) is 95.1 cm³/mol. The zero-order chi connectivity index (χ0) is 17.8. The van der Waals surface area contributed by atoms with Crippen molar-refractivity contribution in [1.82, 2.24) is 15.1 Å². The van der Waals surface area contributed by atoms with Gasteiger partial charge in [-0.1, -0.05) is 37.3 Å². The summed E-state index contributed by atoms with van der Waals surface area (Å²) in [7, 11) is 0. The van der Waals surface area contributed by atoms with Gasteiger partial charge in [0.1, 0.15) is 5.69 Å². The minimum atomic E-state index is -0.524. The van der Waals surface area contributed by atoms with Crippen LogP contribution in [0, 0.1) is 0 Å². The van der Waals surface area contributed by atoms with Gasteiger partial charge >= 0.3 is 0 Å². The Bertz CT molecular complexity index is 733. The number of primary amides is 1. The van der Waals surface area contributed by atoms with Crippen molar-refractivity contribution in [2.45, 2.75) is 38.0 Å². The van der Waals surface area contributed by atoms with Crippen LogP contribution in [0.5, 0.6) is 0 Å². The van der Waals surface area contributed by atoms with Gasteiger partial charge in [0.15, 0.2) is 0 Å². The number of likely N-dealkylation sites (tertiary alicyclic amines) is 1. The van der Waals surface area contributed by atoms with Gasteiger partial charge in [0.05, 0.1) is 5.92 Å². The summed E-state index contributed by atoms with van der Waals surface area (Å²) in [4.78, 5) is 26.0. The van der Waals surface area contributed by atoms with E-state index in [-0.39, 0.29) is 23.4 Å². The molecule has 1 aliphatic rings. The predicted octanol–water partition coefficient (Wildman–Crippen LogP) is 2.41. The maximum absolute atomic E-state index is 12.9. The van der Waals surface area contributed by atoms with Crippen LogP contribution in [0.15, 0.2) is 36.4 Å². The summed E-state index contributed by atoms with van der Waals surface area (Å²) in [5.41, 5.74) is 7.52. The van der Waals surface area contributed by atoms with Gasteiger partial charge in [-0.15, -0.1) is 0 Å². The number of H-pyrrole nitrogens is 1. The summed E-state index contributed by atoms with van der Waals surface area (Å²) in [5.74, 6) is -0.119. The number of rotatable bonds is 5. The van der Waals surface area contributed by atoms with E-state index in [4.69, 9.17) is 5.73 Å². The maximum Gasteiger partial charge on any atom is 0.269 e. The van der Waals surface area contributed by atoms with Crippen LogP contribution >= 0.6 is 0 Å². The lowest BCUT2D eigenvalue weighted by Gasteiger charge is -2.34. The average Bonchev–Trinajstić information content (AvgIpc) is 3.14. The number of piperidine rings is 1. The van der Waals surface area contributed by atoms with Gasteiger partial charge in [-0.05, 0) is 30.9 Å². The Balaban J connectivity index is 1.63. The van der Waals surface area contributed by atoms with Crippen LogP contribution in [0.25, 0.3) is 0 Å². The first-order valence-corrected chi connectivity index (χ1v) is 8.79. The third-order valence-corrected chi connectivity index (χ3v) is 5.00. The number of benzene rings is 1. The first-order valence-electron chi connectivity index (χ1n) is 8.79. The summed E-state index contributed by atoms with van der Waals surface area (Å²) in [5, 5.41) is 6.85. The van der Waals surface area contributed by atoms with E-state index in [9.17, 15) is 9.59 Å². The van der Waals surface area contributed by atoms with Crippen molar-refractivity contribution in [1.29, 1.82) is 0 Å². The van der Waals surface area contributed by atoms with E-state index in [1.54, 1.807) is 6.07 Å². The fraction of sp³-hybridized carbons (Fsp3) is 0.421. The van der Waals surface area contributed by atoms with Crippen LogP contribution in [0.3, 0.4) is 0 Å². The number of nitrogens with two attached hydrogens (primary N) is 1. The van der Waals surface area contributed by atoms with Crippen molar-refractivity contribution in [3.63, 3.8) is 0 Å². The monoisotopic (exact) mass is 340 g/mol. The number of carbonyl (C=O) groups is 2. The standard InChI is InChI=1S/C19H24N4O2/c1-2-15(13-6-4-3-5-7-13)19(25)23-10-8-14(9-11-23)16-12-17(18(20)24)22-21-16/h3-7,12,14-15H,2,8-11H2,1H3,(H2,20,24)(H,21,22). The molecule has 3 rings (SSSR count). The quantitative estimate of drug-likeness (QED) is 0.875. The second kappa shape index (κ2) is 7.51. The molecular formula is C19H24N4O2. The van der Waals surface area contributed by atoms with Crippen LogP contribution < -0.4 is 5.73 Å². The van der Waals surface area contributed by atoms with Gasteiger partial charge in [-0.2, -0.15) is 5.10 Å². The molecule has 2 aromatic rings. The molecule has 1 unspecified atom stereocenters. The number of nitrogens with zero attached hydrogens (tertiary/aromatic N) is 2. The summed E-state index contributed by atoms with van der Waals surface area (Å²) >= 11 is 0. The second-order valence-electron chi connectivity index (χ2n) is 6.54. The Morgan fingerprint density at radius 3 is 2.52 bits per heavy atom. The second-order valence-corrected chi connectivity index (χ2v) is 6.54. The molecule has 0 spiro atoms. The van der Waals surface area contributed by atoms with E-state index in [1.807, 2.05) is 35.2 Å². The number of hydrogen-bond donors (Lipinski definition) is 2. The Hall–Kier alpha value is -2.63. The van der Waals surface area contributed by atoms with Crippen molar-refractivity contribution in [3.8, 4) is 0 Å². The number of carbonyl (C=O) groups excluding carboxylic acids is 2. The number of amides is 2. The van der Waals surface area contributed by atoms with Crippen LogP contribution in [-0.2, 0) is 4.79 Å². The van der Waals surface area contributed by atoms with E-state index in [2.05, 4.69) is 17.1 Å². The third-order valence-electron chi connectivity index (χ3n) is 5.00. The molecule has 1 atom stereocenters. The summed E-state index contributed by atoms with van der Waals surface area (Å²) in [6.45, 7) is 3.49. The SMILES string of the molecule is CCC(C(=O)N1CCC(c2cc(C(N)=O)n[nH]2)CC1)c1ccccc1. The third kappa shape index (κ3) is 3.73. The lowest BCUT2D eigenvalue weighted by Crippen LogP contribution is -2.40. The lowest BCUT2D eigenvalue weighted by molar-refractivity contribution is -0.134. The molecule has 25 heavy (non-hydrogen) atoms. The van der Waals surface area contributed by atoms with Crippen molar-refractivity contribution in [2.75, 3.05) is 13.1 Å². The summed E-state index contributed by atoms with van der Waals surface area (Å²) in [6, 6.07) is 11.7. The highest BCUT2D eigenvalue weighted by atomic mass is 16.2. The van der Waals surface area contributed by atoms with Crippen LogP contribution in [0.4, 0.5) is 0 Å². The zero-order valence-corrected chi connectivity index (χ0v) is 14.4. The number of nitrogens with one attached hydrogen (secondary N) is 1. The number of hydrogen-bond acceptors (Lipinski definition) is 3. The van der Waals surface area contributed by atoms with Gasteiger partial charge in [-0.25, -0.2) is 0 Å². The van der Waals surface area contributed by atoms with E-state index < -0.39 is 5.91 Å². The minimum Gasteiger partial charge on any atom is -0.364 e. The van der Waals surface area contributed by atoms with Crippen LogP contribution in [-0.4, -0.2) is 40.0 Å². The number of aromatic amines is 1. The summed E-state index contributed by atoms with van der Waals surface area (Å²) in [6.07, 6.45) is 2.51. The molecule has 2 amide bonds. The van der Waals surface area contributed by atoms with Crippen molar-refractivity contribution < 1.29 is 9.59 Å². The lowest BCUT2D eigenvalue weighted by atomic mass is 9.90. The highest BCUT2D eigenvalue weighted by Crippen LogP contribution is 2.30. The molecule has 3 N–H and O–H groups in total. The molecule has 0 bridgehead atoms. The summed E-state index contributed by atoms with van der Waals surface area (Å²) < 4.78 is 0. The van der Waals surface area contributed by atoms with Gasteiger partial charge in [0.25, 0.3) is 5.91 Å². The maximum atomic E-state index is 12.9. The molecule has 1 fully saturated rings. The van der Waals surface area contributed by atoms with Crippen molar-refractivity contribution >= 4 is 11.8 Å². The molecule has 1 aliphatic heterocycles. The largest absolute Gasteiger partial charge is 0.364 e. The molecule has 0 radical (unpaired) electrons. The van der Waals surface area contributed by atoms with E-state index >= 15 is 0 Å². The topological polar surface area (TPSA) is 92.1 Å². The molecule has 1 saturated heterocycles. The molecule has 6 heteroatoms. The molecule has 0 saturated carbocycles. The first-order chi connectivity index (χ1) is 12.1. The van der Waals surface area contributed by atoms with Gasteiger partial charge in [0.2, 0.25) is 5.91 Å². The highest BCUT2D eigenvalue weighted by molar-refractivity contribution is 5.90. The van der Waals surface area contributed by atoms with E-state index in [1.165, 1.54) is 0 Å². The zero-order valence-electron chi connectivity index (χ0n) is 14.4. The fourth-order valence-electron chi connectivity index (χ4n) is 3.54. The average molecular weight is 340 g/mol. The normalized spacial score (nSPS) is 16.6. The van der Waals surface area contributed by atoms with Gasteiger partial charge < -0.3 is 10.6 Å². The molecule has 1 aromatic heterocycles. The smallest absolute Gasteiger partial charge is 0.269 e. The van der Waals surface area contributed by atoms with Gasteiger partial charge in [-0.3, -0.25) is 14.7 Å². The Kier molecular flexibility index (Phi) is 5.16. The van der Waals surface area contributed by atoms with E-state index in [0.717, 1.165) is 43.6 Å². The molecule has 1 aromatic carbocycles. The Morgan fingerprint density at radius 2 is 1.96 bits per heavy atom. The molecule has 132 valence electrons. The van der Waals surface area contributed by atoms with Gasteiger partial charge in [0, 0.05) is 24.7 Å². The molecular weight excluding hydrogens is 316 g/mol. The Morgan fingerprint density at radius 1 is 1.28 bits per heavy atom. The fourth-order valence-corrected chi connectivity index (χ4v) is 3.54. The van der Waals surface area contributed by atoms with E-state index in [0.29, 0.717) is 0 Å². The minimum absolute atomic E-state index is 0.0774. The van der Waals surface area contributed by atoms with Crippen molar-refractivity contribution in [2.24, 2.45) is 5.73 Å². The molecule has 0 aliphatic carbocycles.